The van der Waals surface area contributed by atoms with Crippen LogP contribution in [-0.2, 0) is 10.0 Å². The Morgan fingerprint density at radius 2 is 1.48 bits per heavy atom. The topological polar surface area (TPSA) is 83.6 Å². The zero-order valence-corrected chi connectivity index (χ0v) is 16.5. The Hall–Kier alpha value is -3.07. The zero-order chi connectivity index (χ0) is 21.3. The molecule has 6 nitrogen and oxygen atoms in total. The van der Waals surface area contributed by atoms with E-state index in [4.69, 9.17) is 0 Å². The number of anilines is 1. The molecule has 152 valence electrons. The summed E-state index contributed by atoms with van der Waals surface area (Å²) in [7, 11) is -4.58. The third-order valence-corrected chi connectivity index (χ3v) is 5.99. The molecule has 1 N–H and O–H groups in total. The highest BCUT2D eigenvalue weighted by molar-refractivity contribution is 7.97. The van der Waals surface area contributed by atoms with Crippen LogP contribution in [0.25, 0.3) is 0 Å². The first-order valence-electron chi connectivity index (χ1n) is 8.86. The lowest BCUT2D eigenvalue weighted by molar-refractivity contribution is 0.0949. The monoisotopic (exact) mass is 420 g/mol. The maximum atomic E-state index is 13.5. The molecule has 0 fully saturated rings. The van der Waals surface area contributed by atoms with Crippen LogP contribution in [0.5, 0.6) is 0 Å². The molecule has 1 aliphatic carbocycles. The number of ketones is 2. The van der Waals surface area contributed by atoms with Crippen molar-refractivity contribution in [2.75, 3.05) is 17.8 Å². The molecule has 0 radical (unpaired) electrons. The fraction of sp³-hybridized carbons (Fsp3) is 0.200. The zero-order valence-electron chi connectivity index (χ0n) is 15.7. The minimum atomic E-state index is -4.58. The number of halogens is 2. The summed E-state index contributed by atoms with van der Waals surface area (Å²) in [5.41, 5.74) is -0.423. The van der Waals surface area contributed by atoms with Gasteiger partial charge < -0.3 is 4.90 Å². The van der Waals surface area contributed by atoms with Gasteiger partial charge in [0.05, 0.1) is 5.69 Å². The molecule has 0 saturated carbocycles. The maximum Gasteiger partial charge on any atom is 0.268 e. The van der Waals surface area contributed by atoms with E-state index in [-0.39, 0.29) is 35.6 Å². The lowest BCUT2D eigenvalue weighted by atomic mass is 9.92. The van der Waals surface area contributed by atoms with E-state index in [1.165, 1.54) is 23.1 Å². The molecule has 0 atom stereocenters. The molecule has 0 saturated heterocycles. The Morgan fingerprint density at radius 1 is 0.897 bits per heavy atom. The second kappa shape index (κ2) is 7.75. The highest BCUT2D eigenvalue weighted by atomic mass is 32.2. The van der Waals surface area contributed by atoms with Crippen LogP contribution in [0, 0.1) is 11.6 Å². The van der Waals surface area contributed by atoms with Crippen LogP contribution in [0.3, 0.4) is 0 Å². The number of hydrogen-bond donors (Lipinski definition) is 1. The van der Waals surface area contributed by atoms with Crippen LogP contribution in [0.1, 0.15) is 34.6 Å². The number of likely N-dealkylation sites (N-methyl/N-ethyl adjacent to an activating group) is 1. The van der Waals surface area contributed by atoms with Gasteiger partial charge >= 0.3 is 0 Å². The molecule has 1 aliphatic rings. The number of benzene rings is 2. The summed E-state index contributed by atoms with van der Waals surface area (Å²) in [6, 6.07) is 8.40. The molecule has 0 aromatic heterocycles. The Kier molecular flexibility index (Phi) is 5.52. The molecule has 0 heterocycles. The van der Waals surface area contributed by atoms with Crippen LogP contribution < -0.4 is 4.72 Å². The number of Topliss-reactive ketones (excluding diaryl/α,β-unsaturated/α-hetero) is 2. The van der Waals surface area contributed by atoms with Crippen molar-refractivity contribution < 1.29 is 26.8 Å². The minimum absolute atomic E-state index is 0.0286. The highest BCUT2D eigenvalue weighted by Gasteiger charge is 2.41. The largest absolute Gasteiger partial charge is 0.368 e. The van der Waals surface area contributed by atoms with Gasteiger partial charge in [-0.05, 0) is 26.0 Å². The number of fused-ring (bicyclic) bond motifs is 1. The quantitative estimate of drug-likeness (QED) is 0.775. The van der Waals surface area contributed by atoms with Crippen LogP contribution in [0.2, 0.25) is 0 Å². The van der Waals surface area contributed by atoms with E-state index in [2.05, 4.69) is 4.72 Å². The van der Waals surface area contributed by atoms with Gasteiger partial charge in [-0.1, -0.05) is 24.3 Å². The molecule has 0 unspecified atom stereocenters. The highest BCUT2D eigenvalue weighted by Crippen LogP contribution is 2.32. The van der Waals surface area contributed by atoms with Crippen molar-refractivity contribution in [3.63, 3.8) is 0 Å². The maximum absolute atomic E-state index is 13.5. The summed E-state index contributed by atoms with van der Waals surface area (Å²) >= 11 is 0. The summed E-state index contributed by atoms with van der Waals surface area (Å²) in [6.07, 6.45) is 0. The molecule has 29 heavy (non-hydrogen) atoms. The van der Waals surface area contributed by atoms with Crippen molar-refractivity contribution in [1.29, 1.82) is 0 Å². The van der Waals surface area contributed by atoms with Gasteiger partial charge in [-0.3, -0.25) is 14.3 Å². The number of nitrogens with zero attached hydrogens (tertiary/aromatic N) is 1. The first-order chi connectivity index (χ1) is 13.7. The lowest BCUT2D eigenvalue weighted by Gasteiger charge is -2.29. The van der Waals surface area contributed by atoms with E-state index >= 15 is 0 Å². The van der Waals surface area contributed by atoms with Gasteiger partial charge in [0.15, 0.2) is 16.5 Å². The molecule has 9 heteroatoms. The number of hydrogen-bond acceptors (Lipinski definition) is 5. The molecule has 3 rings (SSSR count). The van der Waals surface area contributed by atoms with E-state index in [0.29, 0.717) is 6.07 Å². The Morgan fingerprint density at radius 3 is 2.03 bits per heavy atom. The Bertz CT molecular complexity index is 1140. The van der Waals surface area contributed by atoms with E-state index < -0.39 is 38.1 Å². The molecule has 0 spiro atoms. The van der Waals surface area contributed by atoms with E-state index in [1.54, 1.807) is 19.9 Å². The molecular formula is C20H18F2N2O4S. The second-order valence-electron chi connectivity index (χ2n) is 6.29. The summed E-state index contributed by atoms with van der Waals surface area (Å²) in [5.74, 6) is -3.82. The number of carbonyl (C=O) groups is 2. The van der Waals surface area contributed by atoms with Crippen molar-refractivity contribution in [2.24, 2.45) is 0 Å². The first kappa shape index (κ1) is 20.7. The average molecular weight is 420 g/mol. The number of sulfonamides is 1. The van der Waals surface area contributed by atoms with Gasteiger partial charge in [0, 0.05) is 30.3 Å². The predicted octanol–water partition coefficient (Wildman–Crippen LogP) is 3.34. The van der Waals surface area contributed by atoms with E-state index in [9.17, 15) is 26.8 Å². The van der Waals surface area contributed by atoms with Crippen molar-refractivity contribution in [3.8, 4) is 0 Å². The standard InChI is InChI=1S/C20H18F2N2O4S/c1-3-24(4-2)17-18(25)13-7-5-6-8-14(13)19(26)20(17)29(27,28)23-12-9-10-15(21)16(22)11-12/h5-11,23H,3-4H2,1-2H3. The van der Waals surface area contributed by atoms with Crippen LogP contribution in [0.4, 0.5) is 14.5 Å². The normalized spacial score (nSPS) is 14.1. The number of rotatable bonds is 6. The summed E-state index contributed by atoms with van der Waals surface area (Å²) < 4.78 is 54.9. The van der Waals surface area contributed by atoms with Gasteiger partial charge in [-0.25, -0.2) is 17.2 Å². The summed E-state index contributed by atoms with van der Waals surface area (Å²) in [5, 5.41) is 0. The van der Waals surface area contributed by atoms with Crippen molar-refractivity contribution in [3.05, 3.63) is 75.8 Å². The molecule has 0 aliphatic heterocycles. The molecule has 2 aromatic rings. The van der Waals surface area contributed by atoms with Crippen molar-refractivity contribution in [1.82, 2.24) is 4.90 Å². The lowest BCUT2D eigenvalue weighted by Crippen LogP contribution is -2.37. The molecule has 2 aromatic carbocycles. The summed E-state index contributed by atoms with van der Waals surface area (Å²) in [6.45, 7) is 4.03. The van der Waals surface area contributed by atoms with Crippen molar-refractivity contribution >= 4 is 27.3 Å². The molecular weight excluding hydrogens is 402 g/mol. The Balaban J connectivity index is 2.20. The second-order valence-corrected chi connectivity index (χ2v) is 7.91. The first-order valence-corrected chi connectivity index (χ1v) is 10.3. The van der Waals surface area contributed by atoms with Gasteiger partial charge in [0.25, 0.3) is 10.0 Å². The van der Waals surface area contributed by atoms with E-state index in [1.807, 2.05) is 0 Å². The molecule has 0 bridgehead atoms. The smallest absolute Gasteiger partial charge is 0.268 e. The Labute approximate surface area is 166 Å². The molecule has 0 amide bonds. The average Bonchev–Trinajstić information content (AvgIpc) is 2.69. The number of carbonyl (C=O) groups excluding carboxylic acids is 2. The van der Waals surface area contributed by atoms with Gasteiger partial charge in [0.2, 0.25) is 11.6 Å². The minimum Gasteiger partial charge on any atom is -0.368 e. The van der Waals surface area contributed by atoms with Crippen LogP contribution in [-0.4, -0.2) is 38.0 Å². The fourth-order valence-corrected chi connectivity index (χ4v) is 4.55. The predicted molar refractivity (Wildman–Crippen MR) is 104 cm³/mol. The third-order valence-electron chi connectivity index (χ3n) is 4.57. The SMILES string of the molecule is CCN(CC)C1=C(S(=O)(=O)Nc2ccc(F)c(F)c2)C(=O)c2ccccc2C1=O. The van der Waals surface area contributed by atoms with Crippen LogP contribution >= 0.6 is 0 Å². The number of nitrogens with one attached hydrogen (secondary N) is 1. The van der Waals surface area contributed by atoms with Gasteiger partial charge in [-0.2, -0.15) is 0 Å². The number of allylic oxidation sites excluding steroid dienone is 2. The van der Waals surface area contributed by atoms with Gasteiger partial charge in [0.1, 0.15) is 5.70 Å². The van der Waals surface area contributed by atoms with Gasteiger partial charge in [-0.15, -0.1) is 0 Å². The fourth-order valence-electron chi connectivity index (χ4n) is 3.18. The summed E-state index contributed by atoms with van der Waals surface area (Å²) in [4.78, 5) is 26.9. The van der Waals surface area contributed by atoms with Crippen molar-refractivity contribution in [2.45, 2.75) is 13.8 Å². The van der Waals surface area contributed by atoms with E-state index in [0.717, 1.165) is 12.1 Å². The van der Waals surface area contributed by atoms with Crippen LogP contribution in [0.15, 0.2) is 53.1 Å². The third kappa shape index (κ3) is 3.65.